The molecule has 124 valence electrons. The summed E-state index contributed by atoms with van der Waals surface area (Å²) in [6.07, 6.45) is 1.37. The number of esters is 1. The third kappa shape index (κ3) is 2.79. The summed E-state index contributed by atoms with van der Waals surface area (Å²) in [6, 6.07) is 9.83. The Hall–Kier alpha value is -2.08. The second-order valence-electron chi connectivity index (χ2n) is 5.95. The predicted molar refractivity (Wildman–Crippen MR) is 83.3 cm³/mol. The third-order valence-electron chi connectivity index (χ3n) is 4.62. The van der Waals surface area contributed by atoms with E-state index in [1.165, 1.54) is 7.11 Å². The zero-order chi connectivity index (χ0) is 16.4. The van der Waals surface area contributed by atoms with Crippen molar-refractivity contribution in [3.05, 3.63) is 35.9 Å². The van der Waals surface area contributed by atoms with Crippen LogP contribution in [0.1, 0.15) is 31.4 Å². The number of benzene rings is 1. The van der Waals surface area contributed by atoms with Gasteiger partial charge in [0.25, 0.3) is 0 Å². The first-order chi connectivity index (χ1) is 11.2. The number of cyclic esters (lactones) is 1. The molecule has 1 aromatic carbocycles. The molecule has 0 N–H and O–H groups in total. The third-order valence-corrected chi connectivity index (χ3v) is 4.62. The van der Waals surface area contributed by atoms with Crippen molar-refractivity contribution < 1.29 is 19.1 Å². The lowest BCUT2D eigenvalue weighted by molar-refractivity contribution is -0.146. The van der Waals surface area contributed by atoms with Gasteiger partial charge in [-0.15, -0.1) is 0 Å². The monoisotopic (exact) mass is 318 g/mol. The van der Waals surface area contributed by atoms with Crippen LogP contribution in [0.2, 0.25) is 0 Å². The van der Waals surface area contributed by atoms with Gasteiger partial charge in [0.15, 0.2) is 0 Å². The van der Waals surface area contributed by atoms with Gasteiger partial charge in [0.05, 0.1) is 25.6 Å². The number of ether oxygens (including phenoxy) is 2. The quantitative estimate of drug-likeness (QED) is 0.798. The Balaban J connectivity index is 1.96. The highest BCUT2D eigenvalue weighted by atomic mass is 16.6. The molecule has 6 nitrogen and oxygen atoms in total. The summed E-state index contributed by atoms with van der Waals surface area (Å²) in [7, 11) is 1.39. The van der Waals surface area contributed by atoms with Gasteiger partial charge in [0.2, 0.25) is 0 Å². The van der Waals surface area contributed by atoms with Gasteiger partial charge < -0.3 is 9.47 Å². The summed E-state index contributed by atoms with van der Waals surface area (Å²) in [5, 5.41) is 3.61. The first-order valence-electron chi connectivity index (χ1n) is 8.02. The van der Waals surface area contributed by atoms with E-state index in [0.29, 0.717) is 13.2 Å². The van der Waals surface area contributed by atoms with Gasteiger partial charge in [-0.2, -0.15) is 0 Å². The van der Waals surface area contributed by atoms with Gasteiger partial charge >= 0.3 is 12.1 Å². The molecule has 1 aromatic rings. The number of rotatable bonds is 4. The Morgan fingerprint density at radius 2 is 2.09 bits per heavy atom. The minimum absolute atomic E-state index is 0.0505. The number of hydrogen-bond donors (Lipinski definition) is 0. The van der Waals surface area contributed by atoms with Crippen molar-refractivity contribution in [2.45, 2.75) is 31.8 Å². The van der Waals surface area contributed by atoms with Gasteiger partial charge in [-0.25, -0.2) is 14.8 Å². The average Bonchev–Trinajstić information content (AvgIpc) is 2.96. The molecule has 3 rings (SSSR count). The van der Waals surface area contributed by atoms with Gasteiger partial charge in [-0.3, -0.25) is 4.79 Å². The van der Waals surface area contributed by atoms with E-state index in [9.17, 15) is 9.59 Å². The molecule has 0 aromatic heterocycles. The van der Waals surface area contributed by atoms with Crippen molar-refractivity contribution in [1.82, 2.24) is 10.0 Å². The molecule has 2 fully saturated rings. The molecule has 0 spiro atoms. The Morgan fingerprint density at radius 3 is 2.74 bits per heavy atom. The van der Waals surface area contributed by atoms with E-state index in [0.717, 1.165) is 18.4 Å². The molecule has 6 heteroatoms. The topological polar surface area (TPSA) is 59.1 Å². The molecule has 2 aliphatic heterocycles. The maximum Gasteiger partial charge on any atom is 0.424 e. The number of carbonyl (C=O) groups excluding carboxylic acids is 2. The Labute approximate surface area is 135 Å². The fourth-order valence-corrected chi connectivity index (χ4v) is 3.57. The number of carbonyl (C=O) groups is 2. The highest BCUT2D eigenvalue weighted by molar-refractivity contribution is 5.76. The van der Waals surface area contributed by atoms with Gasteiger partial charge in [0.1, 0.15) is 6.61 Å². The largest absolute Gasteiger partial charge is 0.469 e. The lowest BCUT2D eigenvalue weighted by atomic mass is 9.95. The fourth-order valence-electron chi connectivity index (χ4n) is 3.57. The van der Waals surface area contributed by atoms with Crippen LogP contribution in [0.25, 0.3) is 0 Å². The van der Waals surface area contributed by atoms with E-state index < -0.39 is 0 Å². The lowest BCUT2D eigenvalue weighted by Gasteiger charge is -2.41. The van der Waals surface area contributed by atoms with Crippen LogP contribution >= 0.6 is 0 Å². The molecule has 2 saturated heterocycles. The van der Waals surface area contributed by atoms with Crippen LogP contribution in [0.15, 0.2) is 30.3 Å². The highest BCUT2D eigenvalue weighted by Gasteiger charge is 2.51. The SMILES string of the molecule is CCC[C@H]1[C@H](C(=O)OC)CN2C(=O)OC[C@@H](c3ccccc3)N12. The molecule has 2 heterocycles. The van der Waals surface area contributed by atoms with Gasteiger partial charge in [-0.05, 0) is 12.0 Å². The molecular weight excluding hydrogens is 296 g/mol. The number of hydrazine groups is 1. The van der Waals surface area contributed by atoms with Crippen molar-refractivity contribution in [2.24, 2.45) is 5.92 Å². The van der Waals surface area contributed by atoms with Crippen molar-refractivity contribution >= 4 is 12.1 Å². The average molecular weight is 318 g/mol. The molecule has 1 amide bonds. The van der Waals surface area contributed by atoms with Crippen LogP contribution in [0.4, 0.5) is 4.79 Å². The molecule has 0 unspecified atom stereocenters. The number of nitrogens with zero attached hydrogens (tertiary/aromatic N) is 2. The summed E-state index contributed by atoms with van der Waals surface area (Å²) < 4.78 is 10.3. The summed E-state index contributed by atoms with van der Waals surface area (Å²) in [4.78, 5) is 24.3. The second kappa shape index (κ2) is 6.58. The van der Waals surface area contributed by atoms with E-state index in [4.69, 9.17) is 9.47 Å². The van der Waals surface area contributed by atoms with Crippen molar-refractivity contribution in [2.75, 3.05) is 20.3 Å². The van der Waals surface area contributed by atoms with E-state index >= 15 is 0 Å². The van der Waals surface area contributed by atoms with Crippen LogP contribution in [0.5, 0.6) is 0 Å². The maximum atomic E-state index is 12.2. The van der Waals surface area contributed by atoms with Crippen LogP contribution in [-0.4, -0.2) is 48.4 Å². The minimum Gasteiger partial charge on any atom is -0.469 e. The van der Waals surface area contributed by atoms with E-state index in [1.54, 1.807) is 5.01 Å². The normalized spacial score (nSPS) is 27.5. The number of fused-ring (bicyclic) bond motifs is 1. The van der Waals surface area contributed by atoms with Crippen molar-refractivity contribution in [3.63, 3.8) is 0 Å². The maximum absolute atomic E-state index is 12.2. The smallest absolute Gasteiger partial charge is 0.424 e. The minimum atomic E-state index is -0.385. The molecule has 2 aliphatic rings. The summed E-state index contributed by atoms with van der Waals surface area (Å²) in [5.74, 6) is -0.603. The lowest BCUT2D eigenvalue weighted by Crippen LogP contribution is -2.52. The van der Waals surface area contributed by atoms with Gasteiger partial charge in [0, 0.05) is 6.04 Å². The Bertz CT molecular complexity index is 577. The molecule has 0 saturated carbocycles. The van der Waals surface area contributed by atoms with Crippen molar-refractivity contribution in [3.8, 4) is 0 Å². The molecule has 3 atom stereocenters. The van der Waals surface area contributed by atoms with Crippen LogP contribution in [-0.2, 0) is 14.3 Å². The van der Waals surface area contributed by atoms with E-state index in [1.807, 2.05) is 35.3 Å². The van der Waals surface area contributed by atoms with Crippen LogP contribution < -0.4 is 0 Å². The zero-order valence-corrected chi connectivity index (χ0v) is 13.5. The van der Waals surface area contributed by atoms with Crippen LogP contribution in [0, 0.1) is 5.92 Å². The molecule has 0 radical (unpaired) electrons. The van der Waals surface area contributed by atoms with E-state index in [-0.39, 0.29) is 30.1 Å². The van der Waals surface area contributed by atoms with Crippen LogP contribution in [0.3, 0.4) is 0 Å². The number of methoxy groups -OCH3 is 1. The second-order valence-corrected chi connectivity index (χ2v) is 5.95. The Kier molecular flexibility index (Phi) is 4.52. The van der Waals surface area contributed by atoms with Gasteiger partial charge in [-0.1, -0.05) is 43.7 Å². The number of hydrogen-bond acceptors (Lipinski definition) is 5. The molecular formula is C17H22N2O4. The number of amides is 1. The summed E-state index contributed by atoms with van der Waals surface area (Å²) in [5.41, 5.74) is 1.08. The Morgan fingerprint density at radius 1 is 1.35 bits per heavy atom. The summed E-state index contributed by atoms with van der Waals surface area (Å²) in [6.45, 7) is 2.70. The molecule has 23 heavy (non-hydrogen) atoms. The summed E-state index contributed by atoms with van der Waals surface area (Å²) >= 11 is 0. The zero-order valence-electron chi connectivity index (χ0n) is 13.5. The first kappa shape index (κ1) is 15.8. The van der Waals surface area contributed by atoms with Crippen molar-refractivity contribution in [1.29, 1.82) is 0 Å². The molecule has 0 aliphatic carbocycles. The predicted octanol–water partition coefficient (Wildman–Crippen LogP) is 2.37. The highest BCUT2D eigenvalue weighted by Crippen LogP contribution is 2.39. The first-order valence-corrected chi connectivity index (χ1v) is 8.02. The fraction of sp³-hybridized carbons (Fsp3) is 0.529. The standard InChI is InChI=1S/C17H22N2O4/c1-3-7-14-13(16(20)22-2)10-18-17(21)23-11-15(19(14)18)12-8-5-4-6-9-12/h4-6,8-9,13-15H,3,7,10-11H2,1-2H3/t13-,14+,15+/m1/s1. The van der Waals surface area contributed by atoms with E-state index in [2.05, 4.69) is 6.92 Å². The molecule has 0 bridgehead atoms.